The number of aryl methyl sites for hydroxylation is 1. The number of carboxylic acid groups (broad SMARTS) is 1. The Hall–Kier alpha value is -3.28. The number of nitrogens with zero attached hydrogens (tertiary/aromatic N) is 3. The second-order valence-electron chi connectivity index (χ2n) is 4.94. The van der Waals surface area contributed by atoms with E-state index in [0.717, 1.165) is 11.3 Å². The van der Waals surface area contributed by atoms with Gasteiger partial charge in [-0.3, -0.25) is 4.98 Å². The van der Waals surface area contributed by atoms with E-state index in [2.05, 4.69) is 20.3 Å². The van der Waals surface area contributed by atoms with Crippen LogP contribution in [0.5, 0.6) is 0 Å². The van der Waals surface area contributed by atoms with Crippen molar-refractivity contribution in [1.29, 1.82) is 0 Å². The molecule has 0 unspecified atom stereocenters. The zero-order valence-electron chi connectivity index (χ0n) is 12.4. The molecule has 0 aliphatic heterocycles. The molecule has 0 spiro atoms. The van der Waals surface area contributed by atoms with E-state index in [9.17, 15) is 4.79 Å². The Bertz CT molecular complexity index is 850. The van der Waals surface area contributed by atoms with Gasteiger partial charge in [-0.05, 0) is 42.8 Å². The molecule has 2 heterocycles. The molecular weight excluding hydrogens is 292 g/mol. The van der Waals surface area contributed by atoms with Gasteiger partial charge in [-0.2, -0.15) is 0 Å². The second-order valence-corrected chi connectivity index (χ2v) is 4.94. The number of aromatic carboxylic acids is 1. The standard InChI is InChI=1S/C17H14N4O2/c1-11-5-6-12(16(22)23)10-15(11)21-17-19-9-7-14(20-17)13-4-2-3-8-18-13/h2-10H,1H3,(H,22,23)(H,19,20,21). The number of pyridine rings is 1. The van der Waals surface area contributed by atoms with Crippen molar-refractivity contribution in [2.45, 2.75) is 6.92 Å². The lowest BCUT2D eigenvalue weighted by molar-refractivity contribution is 0.0697. The van der Waals surface area contributed by atoms with Crippen LogP contribution in [-0.2, 0) is 0 Å². The number of hydrogen-bond acceptors (Lipinski definition) is 5. The van der Waals surface area contributed by atoms with Gasteiger partial charge >= 0.3 is 5.97 Å². The molecule has 23 heavy (non-hydrogen) atoms. The summed E-state index contributed by atoms with van der Waals surface area (Å²) in [5, 5.41) is 12.2. The van der Waals surface area contributed by atoms with Gasteiger partial charge in [0.1, 0.15) is 0 Å². The molecule has 3 rings (SSSR count). The van der Waals surface area contributed by atoms with Gasteiger partial charge < -0.3 is 10.4 Å². The van der Waals surface area contributed by atoms with Gasteiger partial charge in [0, 0.05) is 18.1 Å². The van der Waals surface area contributed by atoms with Crippen LogP contribution in [0.15, 0.2) is 54.9 Å². The van der Waals surface area contributed by atoms with Crippen LogP contribution in [0.2, 0.25) is 0 Å². The fourth-order valence-electron chi connectivity index (χ4n) is 2.09. The summed E-state index contributed by atoms with van der Waals surface area (Å²) >= 11 is 0. The summed E-state index contributed by atoms with van der Waals surface area (Å²) in [7, 11) is 0. The van der Waals surface area contributed by atoms with Crippen LogP contribution in [0.4, 0.5) is 11.6 Å². The molecule has 114 valence electrons. The highest BCUT2D eigenvalue weighted by Gasteiger charge is 2.08. The molecule has 0 aliphatic rings. The first kappa shape index (κ1) is 14.6. The van der Waals surface area contributed by atoms with E-state index < -0.39 is 5.97 Å². The van der Waals surface area contributed by atoms with E-state index in [1.165, 1.54) is 0 Å². The summed E-state index contributed by atoms with van der Waals surface area (Å²) in [5.74, 6) is -0.588. The lowest BCUT2D eigenvalue weighted by atomic mass is 10.1. The molecular formula is C17H14N4O2. The third kappa shape index (κ3) is 3.32. The maximum Gasteiger partial charge on any atom is 0.335 e. The summed E-state index contributed by atoms with van der Waals surface area (Å²) in [6.07, 6.45) is 3.33. The van der Waals surface area contributed by atoms with Gasteiger partial charge in [0.25, 0.3) is 0 Å². The Balaban J connectivity index is 1.92. The molecule has 0 atom stereocenters. The predicted molar refractivity (Wildman–Crippen MR) is 86.7 cm³/mol. The number of carboxylic acids is 1. The van der Waals surface area contributed by atoms with Crippen molar-refractivity contribution in [3.8, 4) is 11.4 Å². The Labute approximate surface area is 132 Å². The summed E-state index contributed by atoms with van der Waals surface area (Å²) in [5.41, 5.74) is 3.20. The van der Waals surface area contributed by atoms with Crippen LogP contribution in [0.3, 0.4) is 0 Å². The van der Waals surface area contributed by atoms with Gasteiger partial charge in [0.15, 0.2) is 0 Å². The van der Waals surface area contributed by atoms with Crippen molar-refractivity contribution in [2.75, 3.05) is 5.32 Å². The third-order valence-corrected chi connectivity index (χ3v) is 3.31. The number of rotatable bonds is 4. The summed E-state index contributed by atoms with van der Waals surface area (Å²) < 4.78 is 0. The molecule has 0 aliphatic carbocycles. The normalized spacial score (nSPS) is 10.3. The molecule has 3 aromatic rings. The molecule has 0 saturated heterocycles. The van der Waals surface area contributed by atoms with E-state index in [1.54, 1.807) is 36.7 Å². The van der Waals surface area contributed by atoms with Gasteiger partial charge in [0.05, 0.1) is 17.0 Å². The zero-order valence-corrected chi connectivity index (χ0v) is 12.4. The SMILES string of the molecule is Cc1ccc(C(=O)O)cc1Nc1nccc(-c2ccccn2)n1. The average molecular weight is 306 g/mol. The van der Waals surface area contributed by atoms with Crippen molar-refractivity contribution < 1.29 is 9.90 Å². The van der Waals surface area contributed by atoms with Crippen LogP contribution < -0.4 is 5.32 Å². The summed E-state index contributed by atoms with van der Waals surface area (Å²) in [6.45, 7) is 1.89. The number of anilines is 2. The molecule has 0 saturated carbocycles. The van der Waals surface area contributed by atoms with E-state index >= 15 is 0 Å². The lowest BCUT2D eigenvalue weighted by Gasteiger charge is -2.10. The molecule has 0 amide bonds. The molecule has 0 radical (unpaired) electrons. The smallest absolute Gasteiger partial charge is 0.335 e. The Morgan fingerprint density at radius 3 is 2.65 bits per heavy atom. The highest BCUT2D eigenvalue weighted by molar-refractivity contribution is 5.89. The van der Waals surface area contributed by atoms with Crippen LogP contribution >= 0.6 is 0 Å². The van der Waals surface area contributed by atoms with Gasteiger partial charge in [-0.25, -0.2) is 14.8 Å². The van der Waals surface area contributed by atoms with Gasteiger partial charge in [-0.1, -0.05) is 12.1 Å². The van der Waals surface area contributed by atoms with E-state index in [0.29, 0.717) is 17.3 Å². The third-order valence-electron chi connectivity index (χ3n) is 3.31. The molecule has 6 nitrogen and oxygen atoms in total. The highest BCUT2D eigenvalue weighted by atomic mass is 16.4. The minimum Gasteiger partial charge on any atom is -0.478 e. The first-order valence-electron chi connectivity index (χ1n) is 6.99. The fourth-order valence-corrected chi connectivity index (χ4v) is 2.09. The van der Waals surface area contributed by atoms with Crippen LogP contribution in [0.1, 0.15) is 15.9 Å². The fraction of sp³-hybridized carbons (Fsp3) is 0.0588. The first-order valence-corrected chi connectivity index (χ1v) is 6.99. The lowest BCUT2D eigenvalue weighted by Crippen LogP contribution is -2.02. The Kier molecular flexibility index (Phi) is 3.97. The second kappa shape index (κ2) is 6.23. The molecule has 2 aromatic heterocycles. The van der Waals surface area contributed by atoms with E-state index in [-0.39, 0.29) is 5.56 Å². The molecule has 0 bridgehead atoms. The summed E-state index contributed by atoms with van der Waals surface area (Å²) in [4.78, 5) is 23.9. The highest BCUT2D eigenvalue weighted by Crippen LogP contribution is 2.21. The minimum absolute atomic E-state index is 0.207. The Morgan fingerprint density at radius 2 is 1.91 bits per heavy atom. The summed E-state index contributed by atoms with van der Waals surface area (Å²) in [6, 6.07) is 12.2. The van der Waals surface area contributed by atoms with Crippen molar-refractivity contribution in [1.82, 2.24) is 15.0 Å². The number of hydrogen-bond donors (Lipinski definition) is 2. The van der Waals surface area contributed by atoms with Crippen LogP contribution in [-0.4, -0.2) is 26.0 Å². The van der Waals surface area contributed by atoms with Crippen molar-refractivity contribution in [2.24, 2.45) is 0 Å². The van der Waals surface area contributed by atoms with Crippen molar-refractivity contribution in [3.63, 3.8) is 0 Å². The maximum absolute atomic E-state index is 11.1. The number of carbonyl (C=O) groups is 1. The molecule has 0 fully saturated rings. The Morgan fingerprint density at radius 1 is 1.04 bits per heavy atom. The molecule has 2 N–H and O–H groups in total. The van der Waals surface area contributed by atoms with E-state index in [4.69, 9.17) is 5.11 Å². The van der Waals surface area contributed by atoms with E-state index in [1.807, 2.05) is 25.1 Å². The largest absolute Gasteiger partial charge is 0.478 e. The van der Waals surface area contributed by atoms with Crippen molar-refractivity contribution in [3.05, 3.63) is 66.0 Å². The molecule has 6 heteroatoms. The number of nitrogens with one attached hydrogen (secondary N) is 1. The molecule has 1 aromatic carbocycles. The van der Waals surface area contributed by atoms with Gasteiger partial charge in [-0.15, -0.1) is 0 Å². The monoisotopic (exact) mass is 306 g/mol. The van der Waals surface area contributed by atoms with Gasteiger partial charge in [0.2, 0.25) is 5.95 Å². The zero-order chi connectivity index (χ0) is 16.2. The maximum atomic E-state index is 11.1. The van der Waals surface area contributed by atoms with Crippen LogP contribution in [0, 0.1) is 6.92 Å². The van der Waals surface area contributed by atoms with Crippen molar-refractivity contribution >= 4 is 17.6 Å². The number of benzene rings is 1. The average Bonchev–Trinajstić information content (AvgIpc) is 2.58. The minimum atomic E-state index is -0.976. The quantitative estimate of drug-likeness (QED) is 0.769. The topological polar surface area (TPSA) is 88.0 Å². The van der Waals surface area contributed by atoms with Crippen LogP contribution in [0.25, 0.3) is 11.4 Å². The first-order chi connectivity index (χ1) is 11.1. The number of aromatic nitrogens is 3. The predicted octanol–water partition coefficient (Wildman–Crippen LogP) is 3.29.